The second-order valence-electron chi connectivity index (χ2n) is 7.58. The first-order chi connectivity index (χ1) is 12.0. The van der Waals surface area contributed by atoms with Crippen LogP contribution < -0.4 is 21.2 Å². The Labute approximate surface area is 165 Å². The molecule has 0 saturated carbocycles. The van der Waals surface area contributed by atoms with E-state index >= 15 is 0 Å². The van der Waals surface area contributed by atoms with Crippen molar-refractivity contribution in [1.29, 1.82) is 0 Å². The van der Waals surface area contributed by atoms with Crippen LogP contribution in [0.2, 0.25) is 0 Å². The molecular weight excluding hydrogens is 448 g/mol. The molecule has 2 aromatic rings. The molecule has 142 valence electrons. The summed E-state index contributed by atoms with van der Waals surface area (Å²) in [6.07, 6.45) is -4.29. The molecule has 0 nitrogen and oxygen atoms in total. The van der Waals surface area contributed by atoms with Gasteiger partial charge in [-0.25, -0.2) is 0 Å². The minimum Gasteiger partial charge on any atom is -0.166 e. The van der Waals surface area contributed by atoms with Gasteiger partial charge in [0.25, 0.3) is 0 Å². The monoisotopic (exact) mass is 475 g/mol. The van der Waals surface area contributed by atoms with Crippen molar-refractivity contribution in [2.45, 2.75) is 65.5 Å². The Morgan fingerprint density at radius 2 is 1.31 bits per heavy atom. The average Bonchev–Trinajstić information content (AvgIpc) is 2.53. The van der Waals surface area contributed by atoms with Crippen molar-refractivity contribution in [2.75, 3.05) is 0 Å². The quantitative estimate of drug-likeness (QED) is 0.569. The zero-order valence-electron chi connectivity index (χ0n) is 16.2. The molecule has 0 atom stereocenters. The Morgan fingerprint density at radius 1 is 0.769 bits per heavy atom. The van der Waals surface area contributed by atoms with E-state index in [2.05, 4.69) is 53.7 Å². The molecule has 0 aliphatic carbocycles. The third-order valence-electron chi connectivity index (χ3n) is 4.42. The highest BCUT2D eigenvalue weighted by atomic mass is 127. The van der Waals surface area contributed by atoms with Gasteiger partial charge in [0.2, 0.25) is 3.57 Å². The van der Waals surface area contributed by atoms with E-state index in [1.54, 1.807) is 0 Å². The number of alkyl halides is 3. The topological polar surface area (TPSA) is 0 Å². The zero-order valence-corrected chi connectivity index (χ0v) is 18.4. The van der Waals surface area contributed by atoms with Crippen molar-refractivity contribution >= 4 is 0 Å². The van der Waals surface area contributed by atoms with Crippen LogP contribution in [0.1, 0.15) is 81.5 Å². The SMILES string of the molecule is CC(C)c1cc(C(C)C)c([I+]c2cccc(C(F)(F)F)c2)c(C(C)C)c1. The van der Waals surface area contributed by atoms with Crippen LogP contribution in [0, 0.1) is 7.14 Å². The van der Waals surface area contributed by atoms with Gasteiger partial charge in [0.05, 0.1) is 5.56 Å². The fourth-order valence-corrected chi connectivity index (χ4v) is 6.49. The summed E-state index contributed by atoms with van der Waals surface area (Å²) in [7, 11) is 0. The van der Waals surface area contributed by atoms with Crippen LogP contribution in [0.25, 0.3) is 0 Å². The molecule has 0 N–H and O–H groups in total. The van der Waals surface area contributed by atoms with Gasteiger partial charge in [-0.3, -0.25) is 0 Å². The number of rotatable bonds is 5. The summed E-state index contributed by atoms with van der Waals surface area (Å²) < 4.78 is 41.3. The van der Waals surface area contributed by atoms with Gasteiger partial charge in [-0.1, -0.05) is 59.7 Å². The predicted molar refractivity (Wildman–Crippen MR) is 97.5 cm³/mol. The van der Waals surface area contributed by atoms with Crippen molar-refractivity contribution in [2.24, 2.45) is 0 Å². The predicted octanol–water partition coefficient (Wildman–Crippen LogP) is 4.20. The Kier molecular flexibility index (Phi) is 6.81. The second-order valence-corrected chi connectivity index (χ2v) is 10.4. The van der Waals surface area contributed by atoms with E-state index in [-0.39, 0.29) is 0 Å². The van der Waals surface area contributed by atoms with Gasteiger partial charge in [-0.15, -0.1) is 0 Å². The van der Waals surface area contributed by atoms with Gasteiger partial charge < -0.3 is 0 Å². The van der Waals surface area contributed by atoms with Crippen molar-refractivity contribution < 1.29 is 34.4 Å². The first kappa shape index (κ1) is 21.3. The van der Waals surface area contributed by atoms with Gasteiger partial charge in [0.15, 0.2) is 3.57 Å². The lowest BCUT2D eigenvalue weighted by Crippen LogP contribution is -3.62. The summed E-state index contributed by atoms with van der Waals surface area (Å²) in [6.45, 7) is 13.0. The maximum Gasteiger partial charge on any atom is 0.416 e. The molecule has 0 amide bonds. The van der Waals surface area contributed by atoms with E-state index in [9.17, 15) is 13.2 Å². The minimum atomic E-state index is -4.29. The van der Waals surface area contributed by atoms with Crippen molar-refractivity contribution in [1.82, 2.24) is 0 Å². The molecule has 0 aliphatic heterocycles. The highest BCUT2D eigenvalue weighted by Crippen LogP contribution is 2.29. The Morgan fingerprint density at radius 3 is 1.73 bits per heavy atom. The molecule has 0 bridgehead atoms. The fraction of sp³-hybridized carbons (Fsp3) is 0.455. The first-order valence-electron chi connectivity index (χ1n) is 9.00. The average molecular weight is 475 g/mol. The molecule has 2 aromatic carbocycles. The fourth-order valence-electron chi connectivity index (χ4n) is 2.81. The first-order valence-corrected chi connectivity index (χ1v) is 11.2. The van der Waals surface area contributed by atoms with Crippen LogP contribution in [-0.4, -0.2) is 0 Å². The maximum absolute atomic E-state index is 13.1. The maximum atomic E-state index is 13.1. The summed E-state index contributed by atoms with van der Waals surface area (Å²) in [5.74, 6) is 1.14. The largest absolute Gasteiger partial charge is 0.416 e. The van der Waals surface area contributed by atoms with E-state index in [0.717, 1.165) is 9.64 Å². The molecule has 0 spiro atoms. The Hall–Kier alpha value is -1.04. The molecule has 0 aromatic heterocycles. The molecule has 0 radical (unpaired) electrons. The number of hydrogen-bond acceptors (Lipinski definition) is 0. The normalized spacial score (nSPS) is 12.5. The van der Waals surface area contributed by atoms with Crippen LogP contribution in [0.4, 0.5) is 13.2 Å². The lowest BCUT2D eigenvalue weighted by atomic mass is 9.90. The third kappa shape index (κ3) is 5.02. The van der Waals surface area contributed by atoms with Crippen LogP contribution in [0.3, 0.4) is 0 Å². The van der Waals surface area contributed by atoms with E-state index < -0.39 is 32.9 Å². The summed E-state index contributed by atoms with van der Waals surface area (Å²) in [4.78, 5) is 0. The Bertz CT molecular complexity index is 729. The summed E-state index contributed by atoms with van der Waals surface area (Å²) >= 11 is -0.680. The molecule has 0 heterocycles. The number of hydrogen-bond donors (Lipinski definition) is 0. The van der Waals surface area contributed by atoms with Crippen LogP contribution >= 0.6 is 0 Å². The molecule has 0 fully saturated rings. The van der Waals surface area contributed by atoms with Crippen LogP contribution in [0.5, 0.6) is 0 Å². The number of benzene rings is 2. The summed E-state index contributed by atoms with van der Waals surface area (Å²) in [6, 6.07) is 10.4. The van der Waals surface area contributed by atoms with Gasteiger partial charge >= 0.3 is 27.4 Å². The van der Waals surface area contributed by atoms with Crippen molar-refractivity contribution in [3.63, 3.8) is 0 Å². The number of halogens is 4. The molecule has 26 heavy (non-hydrogen) atoms. The smallest absolute Gasteiger partial charge is 0.166 e. The lowest BCUT2D eigenvalue weighted by Gasteiger charge is -2.17. The highest BCUT2D eigenvalue weighted by molar-refractivity contribution is 5.35. The molecule has 4 heteroatoms. The standard InChI is InChI=1S/C22H27F3I/c1-13(2)16-10-19(14(3)4)21(20(11-16)15(5)6)26-18-9-7-8-17(12-18)22(23,24)25/h7-15H,1-6H3/q+1. The van der Waals surface area contributed by atoms with E-state index in [0.29, 0.717) is 17.8 Å². The molecule has 0 aliphatic rings. The molecular formula is C22H27F3I+. The second kappa shape index (κ2) is 8.32. The van der Waals surface area contributed by atoms with Gasteiger partial charge in [-0.05, 0) is 35.4 Å². The van der Waals surface area contributed by atoms with Crippen molar-refractivity contribution in [3.8, 4) is 0 Å². The van der Waals surface area contributed by atoms with E-state index in [4.69, 9.17) is 0 Å². The van der Waals surface area contributed by atoms with Gasteiger partial charge in [-0.2, -0.15) is 13.2 Å². The van der Waals surface area contributed by atoms with E-state index in [1.165, 1.54) is 32.4 Å². The van der Waals surface area contributed by atoms with Crippen molar-refractivity contribution in [3.05, 3.63) is 65.8 Å². The summed E-state index contributed by atoms with van der Waals surface area (Å²) in [5, 5.41) is 0. The highest BCUT2D eigenvalue weighted by Gasteiger charge is 2.34. The summed E-state index contributed by atoms with van der Waals surface area (Å²) in [5.41, 5.74) is 3.36. The minimum absolute atomic E-state index is 0.353. The van der Waals surface area contributed by atoms with Crippen LogP contribution in [-0.2, 0) is 6.18 Å². The lowest BCUT2D eigenvalue weighted by molar-refractivity contribution is -0.599. The molecule has 0 unspecified atom stereocenters. The van der Waals surface area contributed by atoms with E-state index in [1.807, 2.05) is 6.07 Å². The molecule has 0 saturated heterocycles. The zero-order chi connectivity index (χ0) is 19.6. The third-order valence-corrected chi connectivity index (χ3v) is 7.50. The van der Waals surface area contributed by atoms with Gasteiger partial charge in [0.1, 0.15) is 0 Å². The van der Waals surface area contributed by atoms with Crippen LogP contribution in [0.15, 0.2) is 36.4 Å². The Balaban J connectivity index is 2.58. The molecule has 2 rings (SSSR count). The van der Waals surface area contributed by atoms with Gasteiger partial charge in [0, 0.05) is 17.2 Å².